The van der Waals surface area contributed by atoms with Crippen LogP contribution in [0, 0.1) is 0 Å². The molecule has 1 aliphatic heterocycles. The largest absolute Gasteiger partial charge is 0.383 e. The lowest BCUT2D eigenvalue weighted by atomic mass is 10.2. The van der Waals surface area contributed by atoms with Crippen LogP contribution in [0.4, 0.5) is 23.3 Å². The zero-order valence-corrected chi connectivity index (χ0v) is 18.9. The molecule has 0 bridgehead atoms. The molecule has 0 radical (unpaired) electrons. The minimum Gasteiger partial charge on any atom is -0.383 e. The first-order valence-corrected chi connectivity index (χ1v) is 12.0. The van der Waals surface area contributed by atoms with Crippen LogP contribution >= 0.6 is 0 Å². The number of sulfonamides is 1. The highest BCUT2D eigenvalue weighted by atomic mass is 32.2. The first kappa shape index (κ1) is 21.9. The second kappa shape index (κ2) is 8.82. The number of nitrogen functional groups attached to an aromatic ring is 1. The number of rotatable bonds is 5. The number of anilines is 4. The molecule has 1 aliphatic rings. The summed E-state index contributed by atoms with van der Waals surface area (Å²) < 4.78 is 29.3. The standard InChI is InChI=1S/C22H22N8O3S/c23-21-19(34(24,31)32)10-15(12-26-21)18-11-20(29-22(28-18)30-5-7-33-8-6-30)27-16-9-14-3-1-2-4-17(14)25-13-16/h1-4,9-13H,5-8H2,(H2,23,26)(H2,24,31,32)(H,27,28,29). The van der Waals surface area contributed by atoms with Gasteiger partial charge in [-0.3, -0.25) is 4.98 Å². The molecule has 0 saturated carbocycles. The van der Waals surface area contributed by atoms with Crippen molar-refractivity contribution in [3.8, 4) is 11.3 Å². The van der Waals surface area contributed by atoms with Crippen molar-refractivity contribution >= 4 is 44.2 Å². The first-order chi connectivity index (χ1) is 16.4. The molecule has 1 aromatic carbocycles. The fraction of sp³-hybridized carbons (Fsp3) is 0.182. The van der Waals surface area contributed by atoms with Gasteiger partial charge in [-0.2, -0.15) is 4.98 Å². The Balaban J connectivity index is 1.58. The van der Waals surface area contributed by atoms with E-state index in [2.05, 4.69) is 25.3 Å². The van der Waals surface area contributed by atoms with E-state index in [4.69, 9.17) is 15.6 Å². The zero-order chi connectivity index (χ0) is 23.7. The molecule has 1 fully saturated rings. The highest BCUT2D eigenvalue weighted by Crippen LogP contribution is 2.28. The average molecular weight is 479 g/mol. The summed E-state index contributed by atoms with van der Waals surface area (Å²) in [5.41, 5.74) is 8.27. The predicted molar refractivity (Wildman–Crippen MR) is 129 cm³/mol. The Morgan fingerprint density at radius 2 is 1.79 bits per heavy atom. The predicted octanol–water partition coefficient (Wildman–Crippen LogP) is 1.90. The number of hydrogen-bond donors (Lipinski definition) is 3. The van der Waals surface area contributed by atoms with E-state index in [1.165, 1.54) is 12.3 Å². The summed E-state index contributed by atoms with van der Waals surface area (Å²) in [6.45, 7) is 2.37. The van der Waals surface area contributed by atoms with Crippen molar-refractivity contribution in [3.63, 3.8) is 0 Å². The van der Waals surface area contributed by atoms with Crippen LogP contribution in [-0.2, 0) is 14.8 Å². The molecule has 174 valence electrons. The van der Waals surface area contributed by atoms with Gasteiger partial charge in [-0.1, -0.05) is 18.2 Å². The number of ether oxygens (including phenoxy) is 1. The molecule has 34 heavy (non-hydrogen) atoms. The number of pyridine rings is 2. The van der Waals surface area contributed by atoms with Gasteiger partial charge in [-0.05, 0) is 18.2 Å². The van der Waals surface area contributed by atoms with Gasteiger partial charge in [-0.25, -0.2) is 23.5 Å². The Labute approximate surface area is 195 Å². The van der Waals surface area contributed by atoms with Crippen molar-refractivity contribution in [1.82, 2.24) is 19.9 Å². The maximum atomic E-state index is 12.0. The molecule has 5 rings (SSSR count). The van der Waals surface area contributed by atoms with E-state index >= 15 is 0 Å². The summed E-state index contributed by atoms with van der Waals surface area (Å²) in [5.74, 6) is 0.817. The average Bonchev–Trinajstić information content (AvgIpc) is 2.84. The summed E-state index contributed by atoms with van der Waals surface area (Å²) in [6, 6.07) is 12.9. The Bertz CT molecular complexity index is 1470. The van der Waals surface area contributed by atoms with Gasteiger partial charge in [0, 0.05) is 36.3 Å². The smallest absolute Gasteiger partial charge is 0.241 e. The fourth-order valence-corrected chi connectivity index (χ4v) is 4.30. The molecular formula is C22H22N8O3S. The number of fused-ring (bicyclic) bond motifs is 1. The second-order valence-electron chi connectivity index (χ2n) is 7.73. The minimum absolute atomic E-state index is 0.172. The molecule has 5 N–H and O–H groups in total. The van der Waals surface area contributed by atoms with Crippen LogP contribution in [0.25, 0.3) is 22.2 Å². The normalized spacial score (nSPS) is 14.3. The number of para-hydroxylation sites is 1. The molecule has 4 aromatic rings. The monoisotopic (exact) mass is 478 g/mol. The van der Waals surface area contributed by atoms with Crippen LogP contribution in [0.2, 0.25) is 0 Å². The van der Waals surface area contributed by atoms with Crippen LogP contribution in [0.3, 0.4) is 0 Å². The molecule has 0 spiro atoms. The van der Waals surface area contributed by atoms with Crippen molar-refractivity contribution in [1.29, 1.82) is 0 Å². The molecule has 12 heteroatoms. The number of benzene rings is 1. The number of primary sulfonamides is 1. The van der Waals surface area contributed by atoms with Gasteiger partial charge in [0.15, 0.2) is 0 Å². The lowest BCUT2D eigenvalue weighted by molar-refractivity contribution is 0.122. The minimum atomic E-state index is -4.06. The maximum absolute atomic E-state index is 12.0. The van der Waals surface area contributed by atoms with E-state index in [0.29, 0.717) is 49.3 Å². The molecule has 0 atom stereocenters. The Kier molecular flexibility index (Phi) is 5.69. The van der Waals surface area contributed by atoms with E-state index < -0.39 is 10.0 Å². The van der Waals surface area contributed by atoms with Crippen LogP contribution in [-0.4, -0.2) is 54.7 Å². The molecule has 0 aliphatic carbocycles. The molecular weight excluding hydrogens is 456 g/mol. The number of nitrogens with zero attached hydrogens (tertiary/aromatic N) is 5. The number of nitrogens with two attached hydrogens (primary N) is 2. The molecule has 1 saturated heterocycles. The van der Waals surface area contributed by atoms with Gasteiger partial charge in [0.25, 0.3) is 0 Å². The summed E-state index contributed by atoms with van der Waals surface area (Å²) in [7, 11) is -4.06. The van der Waals surface area contributed by atoms with E-state index in [0.717, 1.165) is 16.6 Å². The van der Waals surface area contributed by atoms with Crippen LogP contribution in [0.5, 0.6) is 0 Å². The molecule has 4 heterocycles. The van der Waals surface area contributed by atoms with Crippen molar-refractivity contribution in [2.24, 2.45) is 5.14 Å². The lowest BCUT2D eigenvalue weighted by Crippen LogP contribution is -2.37. The summed E-state index contributed by atoms with van der Waals surface area (Å²) in [4.78, 5) is 19.6. The third-order valence-corrected chi connectivity index (χ3v) is 6.30. The Morgan fingerprint density at radius 1 is 1.00 bits per heavy atom. The van der Waals surface area contributed by atoms with Gasteiger partial charge in [0.1, 0.15) is 16.5 Å². The van der Waals surface area contributed by atoms with Crippen LogP contribution in [0.1, 0.15) is 0 Å². The van der Waals surface area contributed by atoms with Crippen molar-refractivity contribution in [2.75, 3.05) is 42.3 Å². The number of nitrogens with one attached hydrogen (secondary N) is 1. The van der Waals surface area contributed by atoms with E-state index in [1.54, 1.807) is 12.3 Å². The third-order valence-electron chi connectivity index (χ3n) is 5.36. The SMILES string of the molecule is Nc1ncc(-c2cc(Nc3cnc4ccccc4c3)nc(N3CCOCC3)n2)cc1S(N)(=O)=O. The second-order valence-corrected chi connectivity index (χ2v) is 9.26. The van der Waals surface area contributed by atoms with Gasteiger partial charge in [0.05, 0.1) is 36.3 Å². The summed E-state index contributed by atoms with van der Waals surface area (Å²) >= 11 is 0. The lowest BCUT2D eigenvalue weighted by Gasteiger charge is -2.27. The molecule has 3 aromatic heterocycles. The topological polar surface area (TPSA) is 162 Å². The molecule has 0 unspecified atom stereocenters. The number of aromatic nitrogens is 4. The zero-order valence-electron chi connectivity index (χ0n) is 18.0. The van der Waals surface area contributed by atoms with Crippen LogP contribution in [0.15, 0.2) is 59.8 Å². The Hall–Kier alpha value is -3.87. The summed E-state index contributed by atoms with van der Waals surface area (Å²) in [6.07, 6.45) is 3.18. The van der Waals surface area contributed by atoms with E-state index in [-0.39, 0.29) is 10.7 Å². The number of morpholine rings is 1. The molecule has 11 nitrogen and oxygen atoms in total. The van der Waals surface area contributed by atoms with E-state index in [1.807, 2.05) is 35.2 Å². The summed E-state index contributed by atoms with van der Waals surface area (Å²) in [5, 5.41) is 9.57. The van der Waals surface area contributed by atoms with Gasteiger partial charge in [0.2, 0.25) is 16.0 Å². The van der Waals surface area contributed by atoms with Crippen molar-refractivity contribution < 1.29 is 13.2 Å². The van der Waals surface area contributed by atoms with E-state index in [9.17, 15) is 8.42 Å². The quantitative estimate of drug-likeness (QED) is 0.386. The van der Waals surface area contributed by atoms with Gasteiger partial charge >= 0.3 is 0 Å². The fourth-order valence-electron chi connectivity index (χ4n) is 3.66. The first-order valence-electron chi connectivity index (χ1n) is 10.5. The highest BCUT2D eigenvalue weighted by molar-refractivity contribution is 7.89. The third kappa shape index (κ3) is 4.59. The maximum Gasteiger partial charge on any atom is 0.241 e. The van der Waals surface area contributed by atoms with Gasteiger partial charge in [-0.15, -0.1) is 0 Å². The van der Waals surface area contributed by atoms with Gasteiger partial charge < -0.3 is 20.7 Å². The van der Waals surface area contributed by atoms with Crippen molar-refractivity contribution in [2.45, 2.75) is 4.90 Å². The number of hydrogen-bond acceptors (Lipinski definition) is 10. The highest BCUT2D eigenvalue weighted by Gasteiger charge is 2.19. The molecule has 0 amide bonds. The Morgan fingerprint density at radius 3 is 2.59 bits per heavy atom. The van der Waals surface area contributed by atoms with Crippen molar-refractivity contribution in [3.05, 3.63) is 54.9 Å². The van der Waals surface area contributed by atoms with Crippen LogP contribution < -0.4 is 21.1 Å².